The molecule has 1 saturated heterocycles. The maximum absolute atomic E-state index is 12.6. The number of likely N-dealkylation sites (N-methyl/N-ethyl adjacent to an activating group) is 1. The van der Waals surface area contributed by atoms with E-state index in [1.54, 1.807) is 0 Å². The van der Waals surface area contributed by atoms with E-state index in [0.717, 1.165) is 9.58 Å². The Balaban J connectivity index is 1.91. The van der Waals surface area contributed by atoms with Gasteiger partial charge in [-0.1, -0.05) is 0 Å². The Morgan fingerprint density at radius 1 is 1.37 bits per heavy atom. The molecule has 2 aliphatic rings. The number of urea groups is 1. The predicted octanol–water partition coefficient (Wildman–Crippen LogP) is -1.16. The van der Waals surface area contributed by atoms with E-state index in [-0.39, 0.29) is 18.8 Å². The van der Waals surface area contributed by atoms with Gasteiger partial charge in [-0.15, -0.1) is 4.28 Å². The van der Waals surface area contributed by atoms with Gasteiger partial charge in [-0.3, -0.25) is 4.55 Å². The molecule has 4 amide bonds. The van der Waals surface area contributed by atoms with Crippen LogP contribution in [0.25, 0.3) is 0 Å². The van der Waals surface area contributed by atoms with Crippen LogP contribution in [0.4, 0.5) is 14.4 Å². The van der Waals surface area contributed by atoms with Gasteiger partial charge in [0.15, 0.2) is 0 Å². The average Bonchev–Trinajstić information content (AvgIpc) is 3.17. The van der Waals surface area contributed by atoms with Crippen LogP contribution in [0.5, 0.6) is 0 Å². The molecule has 1 aromatic rings. The van der Waals surface area contributed by atoms with Gasteiger partial charge in [0.05, 0.1) is 18.3 Å². The zero-order valence-electron chi connectivity index (χ0n) is 16.0. The third kappa shape index (κ3) is 4.45. The van der Waals surface area contributed by atoms with E-state index in [9.17, 15) is 22.8 Å². The minimum atomic E-state index is -5.00. The van der Waals surface area contributed by atoms with Gasteiger partial charge in [-0.2, -0.15) is 23.3 Å². The molecule has 2 unspecified atom stereocenters. The summed E-state index contributed by atoms with van der Waals surface area (Å²) in [4.78, 5) is 38.9. The summed E-state index contributed by atoms with van der Waals surface area (Å²) in [5.41, 5.74) is 0.498. The lowest BCUT2D eigenvalue weighted by atomic mass is 9.98. The highest BCUT2D eigenvalue weighted by Gasteiger charge is 2.51. The minimum Gasteiger partial charge on any atom is -0.465 e. The van der Waals surface area contributed by atoms with Crippen molar-refractivity contribution in [2.45, 2.75) is 12.1 Å². The van der Waals surface area contributed by atoms with E-state index in [1.807, 2.05) is 19.0 Å². The van der Waals surface area contributed by atoms with E-state index in [2.05, 4.69) is 20.0 Å². The molecule has 0 saturated carbocycles. The smallest absolute Gasteiger partial charge is 0.418 e. The molecular formula is C14H21N7O8S. The second-order valence-corrected chi connectivity index (χ2v) is 7.93. The summed E-state index contributed by atoms with van der Waals surface area (Å²) in [6.07, 6.45) is -0.0214. The highest BCUT2D eigenvalue weighted by Crippen LogP contribution is 2.43. The molecule has 3 heterocycles. The number of carbonyl (C=O) groups is 3. The third-order valence-corrected chi connectivity index (χ3v) is 4.92. The van der Waals surface area contributed by atoms with Crippen LogP contribution in [0, 0.1) is 0 Å². The average molecular weight is 447 g/mol. The molecule has 16 heteroatoms. The molecule has 2 aliphatic heterocycles. The zero-order chi connectivity index (χ0) is 22.2. The summed E-state index contributed by atoms with van der Waals surface area (Å²) >= 11 is 0. The fourth-order valence-corrected chi connectivity index (χ4v) is 3.67. The fraction of sp³-hybridized carbons (Fsp3) is 0.571. The monoisotopic (exact) mass is 447 g/mol. The van der Waals surface area contributed by atoms with Crippen LogP contribution >= 0.6 is 0 Å². The molecule has 2 bridgehead atoms. The van der Waals surface area contributed by atoms with Crippen LogP contribution in [0.1, 0.15) is 23.3 Å². The molecule has 15 nitrogen and oxygen atoms in total. The summed E-state index contributed by atoms with van der Waals surface area (Å²) in [6, 6.07) is -3.34. The van der Waals surface area contributed by atoms with Crippen molar-refractivity contribution in [2.75, 3.05) is 40.3 Å². The highest BCUT2D eigenvalue weighted by atomic mass is 32.3. The minimum absolute atomic E-state index is 0.0543. The predicted molar refractivity (Wildman–Crippen MR) is 97.7 cm³/mol. The number of hydrogen-bond acceptors (Lipinski definition) is 8. The first-order chi connectivity index (χ1) is 14.0. The van der Waals surface area contributed by atoms with Gasteiger partial charge in [0.25, 0.3) is 0 Å². The SMILES string of the molecule is CN(C)CCNC(=O)n1cc2c(n1)C(CNC(=O)O)N1CC2N(OS(=O)(=O)O)C1=O. The molecule has 30 heavy (non-hydrogen) atoms. The first kappa shape index (κ1) is 21.8. The number of aromatic nitrogens is 2. The molecule has 0 spiro atoms. The molecule has 3 rings (SSSR count). The Bertz CT molecular complexity index is 961. The summed E-state index contributed by atoms with van der Waals surface area (Å²) in [5, 5.41) is 18.4. The highest BCUT2D eigenvalue weighted by molar-refractivity contribution is 7.80. The Hall–Kier alpha value is -2.95. The lowest BCUT2D eigenvalue weighted by Gasteiger charge is -2.29. The molecule has 2 atom stereocenters. The third-order valence-electron chi connectivity index (χ3n) is 4.57. The number of hydroxylamine groups is 2. The number of fused-ring (bicyclic) bond motifs is 4. The van der Waals surface area contributed by atoms with E-state index < -0.39 is 40.6 Å². The molecule has 1 aromatic heterocycles. The maximum atomic E-state index is 12.6. The van der Waals surface area contributed by atoms with E-state index in [0.29, 0.717) is 23.7 Å². The van der Waals surface area contributed by atoms with Gasteiger partial charge in [-0.05, 0) is 14.1 Å². The number of carbonyl (C=O) groups excluding carboxylic acids is 2. The van der Waals surface area contributed by atoms with Crippen LogP contribution < -0.4 is 10.6 Å². The number of nitrogens with one attached hydrogen (secondary N) is 2. The summed E-state index contributed by atoms with van der Waals surface area (Å²) in [5.74, 6) is 0. The molecular weight excluding hydrogens is 426 g/mol. The molecule has 1 fully saturated rings. The number of amides is 4. The standard InChI is InChI=1S/C14H21N7O8S/c1-18(2)4-3-15-12(22)20-6-8-10-7-19(14(25)21(10)29-30(26,27)28)9(11(8)17-20)5-16-13(23)24/h6,9-10,16H,3-5,7H2,1-2H3,(H,15,22)(H,23,24)(H,26,27,28). The second kappa shape index (κ2) is 8.05. The maximum Gasteiger partial charge on any atom is 0.418 e. The van der Waals surface area contributed by atoms with Crippen LogP contribution in [0.2, 0.25) is 0 Å². The molecule has 0 aliphatic carbocycles. The van der Waals surface area contributed by atoms with E-state index >= 15 is 0 Å². The Morgan fingerprint density at radius 2 is 2.07 bits per heavy atom. The normalized spacial score (nSPS) is 20.5. The van der Waals surface area contributed by atoms with Crippen molar-refractivity contribution in [2.24, 2.45) is 0 Å². The van der Waals surface area contributed by atoms with Crippen molar-refractivity contribution >= 4 is 28.6 Å². The van der Waals surface area contributed by atoms with Crippen molar-refractivity contribution in [1.82, 2.24) is 35.3 Å². The summed E-state index contributed by atoms with van der Waals surface area (Å²) in [7, 11) is -1.32. The van der Waals surface area contributed by atoms with Gasteiger partial charge in [0.2, 0.25) is 0 Å². The van der Waals surface area contributed by atoms with Crippen molar-refractivity contribution in [3.05, 3.63) is 17.5 Å². The lowest BCUT2D eigenvalue weighted by Crippen LogP contribution is -2.41. The largest absolute Gasteiger partial charge is 0.465 e. The van der Waals surface area contributed by atoms with Gasteiger partial charge in [0.1, 0.15) is 6.04 Å². The summed E-state index contributed by atoms with van der Waals surface area (Å²) < 4.78 is 36.7. The lowest BCUT2D eigenvalue weighted by molar-refractivity contribution is -0.0317. The first-order valence-electron chi connectivity index (χ1n) is 8.74. The number of nitrogens with zero attached hydrogens (tertiary/aromatic N) is 5. The molecule has 166 valence electrons. The van der Waals surface area contributed by atoms with Crippen molar-refractivity contribution in [3.63, 3.8) is 0 Å². The zero-order valence-corrected chi connectivity index (χ0v) is 16.9. The van der Waals surface area contributed by atoms with Crippen molar-refractivity contribution in [3.8, 4) is 0 Å². The van der Waals surface area contributed by atoms with Gasteiger partial charge in [0, 0.05) is 31.4 Å². The topological polar surface area (TPSA) is 187 Å². The van der Waals surface area contributed by atoms with Crippen LogP contribution in [0.3, 0.4) is 0 Å². The fourth-order valence-electron chi connectivity index (χ4n) is 3.30. The first-order valence-corrected chi connectivity index (χ1v) is 10.1. The Morgan fingerprint density at radius 3 is 2.67 bits per heavy atom. The number of rotatable bonds is 7. The molecule has 0 aromatic carbocycles. The molecule has 0 radical (unpaired) electrons. The summed E-state index contributed by atoms with van der Waals surface area (Å²) in [6.45, 7) is 0.617. The Labute approximate surface area is 171 Å². The van der Waals surface area contributed by atoms with Gasteiger partial charge in [-0.25, -0.2) is 14.4 Å². The van der Waals surface area contributed by atoms with Crippen LogP contribution in [0.15, 0.2) is 6.20 Å². The van der Waals surface area contributed by atoms with Gasteiger partial charge < -0.3 is 25.5 Å². The molecule has 4 N–H and O–H groups in total. The number of hydrogen-bond donors (Lipinski definition) is 4. The number of carboxylic acid groups (broad SMARTS) is 1. The van der Waals surface area contributed by atoms with E-state index in [1.165, 1.54) is 6.20 Å². The second-order valence-electron chi connectivity index (χ2n) is 6.93. The van der Waals surface area contributed by atoms with E-state index in [4.69, 9.17) is 9.66 Å². The van der Waals surface area contributed by atoms with Crippen molar-refractivity contribution in [1.29, 1.82) is 0 Å². The quantitative estimate of drug-likeness (QED) is 0.371. The van der Waals surface area contributed by atoms with Crippen LogP contribution in [-0.4, -0.2) is 101 Å². The van der Waals surface area contributed by atoms with Gasteiger partial charge >= 0.3 is 28.6 Å². The van der Waals surface area contributed by atoms with Crippen LogP contribution in [-0.2, 0) is 14.7 Å². The van der Waals surface area contributed by atoms with Crippen molar-refractivity contribution < 1.29 is 36.7 Å². The Kier molecular flexibility index (Phi) is 5.84.